The lowest BCUT2D eigenvalue weighted by Crippen LogP contribution is -2.19. The Bertz CT molecular complexity index is 985. The fourth-order valence-corrected chi connectivity index (χ4v) is 4.01. The second-order valence-electron chi connectivity index (χ2n) is 6.26. The summed E-state index contributed by atoms with van der Waals surface area (Å²) in [5, 5.41) is 4.54. The molecule has 2 aromatic heterocycles. The number of thiophene rings is 1. The van der Waals surface area contributed by atoms with E-state index in [-0.39, 0.29) is 12.5 Å². The minimum Gasteiger partial charge on any atom is -0.462 e. The Morgan fingerprint density at radius 3 is 2.69 bits per heavy atom. The first-order valence-corrected chi connectivity index (χ1v) is 9.34. The highest BCUT2D eigenvalue weighted by atomic mass is 32.1. The molecule has 0 unspecified atom stereocenters. The van der Waals surface area contributed by atoms with Crippen LogP contribution in [0.5, 0.6) is 0 Å². The molecule has 0 spiro atoms. The molecule has 0 fully saturated rings. The molecular formula is C20H22N2O3S. The number of carbonyl (C=O) groups is 2. The van der Waals surface area contributed by atoms with Crippen LogP contribution in [0.25, 0.3) is 10.9 Å². The fourth-order valence-electron chi connectivity index (χ4n) is 2.94. The molecule has 0 aliphatic rings. The Hall–Kier alpha value is -2.60. The molecule has 1 amide bonds. The second kappa shape index (κ2) is 7.33. The molecule has 136 valence electrons. The lowest BCUT2D eigenvalue weighted by molar-refractivity contribution is -0.116. The van der Waals surface area contributed by atoms with Crippen molar-refractivity contribution < 1.29 is 14.3 Å². The van der Waals surface area contributed by atoms with Gasteiger partial charge < -0.3 is 14.6 Å². The number of aromatic nitrogens is 1. The van der Waals surface area contributed by atoms with E-state index in [4.69, 9.17) is 4.74 Å². The van der Waals surface area contributed by atoms with Crippen molar-refractivity contribution in [2.24, 2.45) is 0 Å². The Kier molecular flexibility index (Phi) is 5.13. The normalized spacial score (nSPS) is 10.9. The summed E-state index contributed by atoms with van der Waals surface area (Å²) in [6.07, 6.45) is 1.90. The summed E-state index contributed by atoms with van der Waals surface area (Å²) < 4.78 is 7.03. The van der Waals surface area contributed by atoms with Crippen molar-refractivity contribution in [2.75, 3.05) is 11.9 Å². The molecule has 0 saturated carbocycles. The molecule has 5 nitrogen and oxygen atoms in total. The van der Waals surface area contributed by atoms with Crippen LogP contribution in [-0.2, 0) is 16.1 Å². The first kappa shape index (κ1) is 18.2. The summed E-state index contributed by atoms with van der Waals surface area (Å²) in [5.74, 6) is -0.568. The molecule has 6 heteroatoms. The molecular weight excluding hydrogens is 348 g/mol. The lowest BCUT2D eigenvalue weighted by atomic mass is 10.1. The van der Waals surface area contributed by atoms with Crippen LogP contribution in [-0.4, -0.2) is 23.1 Å². The van der Waals surface area contributed by atoms with Crippen molar-refractivity contribution in [2.45, 2.75) is 34.2 Å². The lowest BCUT2D eigenvalue weighted by Gasteiger charge is -2.09. The maximum absolute atomic E-state index is 12.6. The first-order valence-electron chi connectivity index (χ1n) is 8.53. The molecule has 0 saturated heterocycles. The average molecular weight is 370 g/mol. The number of hydrogen-bond acceptors (Lipinski definition) is 4. The zero-order chi connectivity index (χ0) is 18.8. The van der Waals surface area contributed by atoms with Gasteiger partial charge in [0, 0.05) is 16.6 Å². The summed E-state index contributed by atoms with van der Waals surface area (Å²) in [4.78, 5) is 25.8. The van der Waals surface area contributed by atoms with Gasteiger partial charge in [-0.1, -0.05) is 11.6 Å². The molecule has 0 aliphatic carbocycles. The minimum absolute atomic E-state index is 0.171. The number of nitrogens with zero attached hydrogens (tertiary/aromatic N) is 1. The molecule has 3 aromatic rings. The molecule has 1 aromatic carbocycles. The van der Waals surface area contributed by atoms with Gasteiger partial charge in [-0.25, -0.2) is 4.79 Å². The molecule has 0 bridgehead atoms. The number of fused-ring (bicyclic) bond motifs is 1. The van der Waals surface area contributed by atoms with E-state index in [1.807, 2.05) is 49.7 Å². The Morgan fingerprint density at radius 1 is 1.19 bits per heavy atom. The summed E-state index contributed by atoms with van der Waals surface area (Å²) >= 11 is 1.40. The van der Waals surface area contributed by atoms with Crippen LogP contribution in [0.4, 0.5) is 5.00 Å². The second-order valence-corrected chi connectivity index (χ2v) is 7.49. The van der Waals surface area contributed by atoms with Crippen molar-refractivity contribution in [3.05, 3.63) is 52.0 Å². The third-order valence-corrected chi connectivity index (χ3v) is 5.48. The van der Waals surface area contributed by atoms with E-state index in [9.17, 15) is 9.59 Å². The number of nitrogens with one attached hydrogen (secondary N) is 1. The van der Waals surface area contributed by atoms with Crippen molar-refractivity contribution >= 4 is 39.1 Å². The van der Waals surface area contributed by atoms with Crippen LogP contribution in [0, 0.1) is 20.8 Å². The van der Waals surface area contributed by atoms with Crippen LogP contribution in [0.3, 0.4) is 0 Å². The van der Waals surface area contributed by atoms with Gasteiger partial charge in [0.1, 0.15) is 11.5 Å². The number of rotatable bonds is 5. The smallest absolute Gasteiger partial charge is 0.341 e. The topological polar surface area (TPSA) is 60.3 Å². The van der Waals surface area contributed by atoms with Gasteiger partial charge in [0.25, 0.3) is 0 Å². The molecule has 0 aliphatic heterocycles. The highest BCUT2D eigenvalue weighted by Gasteiger charge is 2.22. The van der Waals surface area contributed by atoms with E-state index >= 15 is 0 Å². The quantitative estimate of drug-likeness (QED) is 0.675. The van der Waals surface area contributed by atoms with Crippen LogP contribution in [0.15, 0.2) is 30.5 Å². The standard InChI is InChI=1S/C20H22N2O3S/c1-5-25-20(24)18-13(3)14(4)26-19(18)21-17(23)11-22-9-8-15-10-12(2)6-7-16(15)22/h6-10H,5,11H2,1-4H3,(H,21,23). The molecule has 3 rings (SSSR count). The Balaban J connectivity index is 1.82. The number of aryl methyl sites for hydroxylation is 2. The predicted molar refractivity (Wildman–Crippen MR) is 105 cm³/mol. The van der Waals surface area contributed by atoms with Crippen LogP contribution in [0.1, 0.15) is 33.3 Å². The van der Waals surface area contributed by atoms with Gasteiger partial charge in [-0.15, -0.1) is 11.3 Å². The number of ether oxygens (including phenoxy) is 1. The summed E-state index contributed by atoms with van der Waals surface area (Å²) in [5.41, 5.74) is 3.50. The number of hydrogen-bond donors (Lipinski definition) is 1. The third kappa shape index (κ3) is 3.51. The molecule has 2 heterocycles. The van der Waals surface area contributed by atoms with Gasteiger partial charge in [-0.05, 0) is 56.8 Å². The van der Waals surface area contributed by atoms with Crippen LogP contribution < -0.4 is 5.32 Å². The maximum Gasteiger partial charge on any atom is 0.341 e. The fraction of sp³-hybridized carbons (Fsp3) is 0.300. The monoisotopic (exact) mass is 370 g/mol. The van der Waals surface area contributed by atoms with Crippen LogP contribution in [0.2, 0.25) is 0 Å². The van der Waals surface area contributed by atoms with Crippen LogP contribution >= 0.6 is 11.3 Å². The van der Waals surface area contributed by atoms with Gasteiger partial charge in [0.15, 0.2) is 0 Å². The summed E-state index contributed by atoms with van der Waals surface area (Å²) in [7, 11) is 0. The van der Waals surface area contributed by atoms with Gasteiger partial charge in [-0.3, -0.25) is 4.79 Å². The van der Waals surface area contributed by atoms with Crippen molar-refractivity contribution in [3.63, 3.8) is 0 Å². The van der Waals surface area contributed by atoms with Gasteiger partial charge in [-0.2, -0.15) is 0 Å². The van der Waals surface area contributed by atoms with E-state index in [1.54, 1.807) is 6.92 Å². The number of esters is 1. The average Bonchev–Trinajstić information content (AvgIpc) is 3.08. The van der Waals surface area contributed by atoms with Crippen molar-refractivity contribution in [3.8, 4) is 0 Å². The molecule has 0 atom stereocenters. The van der Waals surface area contributed by atoms with Crippen molar-refractivity contribution in [1.29, 1.82) is 0 Å². The predicted octanol–water partition coefficient (Wildman–Crippen LogP) is 4.44. The Morgan fingerprint density at radius 2 is 1.96 bits per heavy atom. The van der Waals surface area contributed by atoms with E-state index in [0.29, 0.717) is 17.2 Å². The number of carbonyl (C=O) groups excluding carboxylic acids is 2. The van der Waals surface area contributed by atoms with Gasteiger partial charge >= 0.3 is 5.97 Å². The highest BCUT2D eigenvalue weighted by molar-refractivity contribution is 7.16. The SMILES string of the molecule is CCOC(=O)c1c(NC(=O)Cn2ccc3cc(C)ccc32)sc(C)c1C. The highest BCUT2D eigenvalue weighted by Crippen LogP contribution is 2.33. The van der Waals surface area contributed by atoms with Gasteiger partial charge in [0.2, 0.25) is 5.91 Å². The number of benzene rings is 1. The molecule has 1 N–H and O–H groups in total. The van der Waals surface area contributed by atoms with Crippen molar-refractivity contribution in [1.82, 2.24) is 4.57 Å². The summed E-state index contributed by atoms with van der Waals surface area (Å²) in [6.45, 7) is 8.10. The first-order chi connectivity index (χ1) is 12.4. The third-order valence-electron chi connectivity index (χ3n) is 4.36. The largest absolute Gasteiger partial charge is 0.462 e. The van der Waals surface area contributed by atoms with E-state index in [0.717, 1.165) is 21.3 Å². The molecule has 26 heavy (non-hydrogen) atoms. The number of amides is 1. The van der Waals surface area contributed by atoms with E-state index < -0.39 is 5.97 Å². The van der Waals surface area contributed by atoms with E-state index in [1.165, 1.54) is 16.9 Å². The van der Waals surface area contributed by atoms with Gasteiger partial charge in [0.05, 0.1) is 12.2 Å². The maximum atomic E-state index is 12.6. The minimum atomic E-state index is -0.397. The summed E-state index contributed by atoms with van der Waals surface area (Å²) in [6, 6.07) is 8.14. The molecule has 0 radical (unpaired) electrons. The Labute approximate surface area is 156 Å². The zero-order valence-corrected chi connectivity index (χ0v) is 16.2. The van der Waals surface area contributed by atoms with E-state index in [2.05, 4.69) is 11.4 Å². The zero-order valence-electron chi connectivity index (χ0n) is 15.4. The number of anilines is 1.